The van der Waals surface area contributed by atoms with Gasteiger partial charge in [0.1, 0.15) is 23.6 Å². The lowest BCUT2D eigenvalue weighted by Crippen LogP contribution is -2.45. The number of aliphatic carboxylic acids is 1. The summed E-state index contributed by atoms with van der Waals surface area (Å²) in [5.41, 5.74) is -2.23. The summed E-state index contributed by atoms with van der Waals surface area (Å²) < 4.78 is 32.5. The first kappa shape index (κ1) is 29.5. The van der Waals surface area contributed by atoms with Crippen molar-refractivity contribution in [1.29, 1.82) is 5.26 Å². The average Bonchev–Trinajstić information content (AvgIpc) is 3.41. The quantitative estimate of drug-likeness (QED) is 0.334. The maximum atomic E-state index is 15.7. The lowest BCUT2D eigenvalue weighted by Gasteiger charge is -2.37. The molecule has 3 N–H and O–H groups in total. The Labute approximate surface area is 239 Å². The zero-order chi connectivity index (χ0) is 29.4. The van der Waals surface area contributed by atoms with Gasteiger partial charge >= 0.3 is 5.97 Å². The average molecular weight is 590 g/mol. The van der Waals surface area contributed by atoms with Crippen molar-refractivity contribution in [3.05, 3.63) is 81.5 Å². The highest BCUT2D eigenvalue weighted by molar-refractivity contribution is 6.31. The van der Waals surface area contributed by atoms with E-state index in [0.717, 1.165) is 10.7 Å². The van der Waals surface area contributed by atoms with Gasteiger partial charge in [-0.15, -0.1) is 0 Å². The number of benzene rings is 2. The Kier molecular flexibility index (Phi) is 8.22. The Balaban J connectivity index is 1.91. The first-order valence-corrected chi connectivity index (χ1v) is 13.2. The van der Waals surface area contributed by atoms with Crippen LogP contribution in [0, 0.1) is 28.4 Å². The molecule has 0 radical (unpaired) electrons. The SMILES string of the molecule is CC(C)(C)C[C@@H]1N[C@@H](C(=O)Nc2ccn(CC(=O)O)n2)[C@H](c2cccc(Cl)c2F)[C@@]1(C#N)c1ccc(Cl)cc1F. The lowest BCUT2D eigenvalue weighted by atomic mass is 9.62. The number of carboxylic acid groups (broad SMARTS) is 1. The molecule has 4 atom stereocenters. The zero-order valence-corrected chi connectivity index (χ0v) is 23.4. The molecular weight excluding hydrogens is 563 g/mol. The summed E-state index contributed by atoms with van der Waals surface area (Å²) in [6.45, 7) is 5.39. The van der Waals surface area contributed by atoms with Crippen LogP contribution >= 0.6 is 23.2 Å². The minimum Gasteiger partial charge on any atom is -0.480 e. The summed E-state index contributed by atoms with van der Waals surface area (Å²) in [6.07, 6.45) is 1.70. The largest absolute Gasteiger partial charge is 0.480 e. The van der Waals surface area contributed by atoms with E-state index in [4.69, 9.17) is 28.3 Å². The molecular formula is C28H27Cl2F2N5O3. The minimum atomic E-state index is -1.77. The topological polar surface area (TPSA) is 120 Å². The first-order chi connectivity index (χ1) is 18.8. The van der Waals surface area contributed by atoms with E-state index in [2.05, 4.69) is 21.8 Å². The number of aromatic nitrogens is 2. The molecule has 4 rings (SSSR count). The number of nitrogens with zero attached hydrogens (tertiary/aromatic N) is 3. The van der Waals surface area contributed by atoms with Crippen molar-refractivity contribution in [1.82, 2.24) is 15.1 Å². The summed E-state index contributed by atoms with van der Waals surface area (Å²) in [5.74, 6) is -4.57. The van der Waals surface area contributed by atoms with Crippen LogP contribution in [0.3, 0.4) is 0 Å². The molecule has 1 fully saturated rings. The number of halogens is 4. The summed E-state index contributed by atoms with van der Waals surface area (Å²) in [6, 6.07) is 9.83. The molecule has 40 heavy (non-hydrogen) atoms. The fraction of sp³-hybridized carbons (Fsp3) is 0.357. The number of carbonyl (C=O) groups is 2. The number of hydrogen-bond donors (Lipinski definition) is 3. The van der Waals surface area contributed by atoms with Gasteiger partial charge in [-0.25, -0.2) is 8.78 Å². The van der Waals surface area contributed by atoms with Crippen LogP contribution in [0.25, 0.3) is 0 Å². The fourth-order valence-corrected chi connectivity index (χ4v) is 5.76. The van der Waals surface area contributed by atoms with Gasteiger partial charge in [-0.2, -0.15) is 10.4 Å². The predicted octanol–water partition coefficient (Wildman–Crippen LogP) is 5.51. The van der Waals surface area contributed by atoms with E-state index in [9.17, 15) is 14.9 Å². The lowest BCUT2D eigenvalue weighted by molar-refractivity contribution is -0.137. The third kappa shape index (κ3) is 5.68. The Bertz CT molecular complexity index is 1500. The van der Waals surface area contributed by atoms with E-state index in [1.54, 1.807) is 0 Å². The van der Waals surface area contributed by atoms with Gasteiger partial charge in [0.15, 0.2) is 5.82 Å². The number of hydrogen-bond acceptors (Lipinski definition) is 5. The van der Waals surface area contributed by atoms with Crippen LogP contribution in [0.4, 0.5) is 14.6 Å². The van der Waals surface area contributed by atoms with E-state index in [0.29, 0.717) is 6.42 Å². The van der Waals surface area contributed by atoms with Crippen molar-refractivity contribution in [2.45, 2.75) is 57.2 Å². The molecule has 1 amide bonds. The molecule has 2 heterocycles. The van der Waals surface area contributed by atoms with Crippen LogP contribution < -0.4 is 10.6 Å². The van der Waals surface area contributed by atoms with Crippen molar-refractivity contribution in [3.8, 4) is 6.07 Å². The highest BCUT2D eigenvalue weighted by Gasteiger charge is 2.61. The van der Waals surface area contributed by atoms with Crippen molar-refractivity contribution < 1.29 is 23.5 Å². The number of nitrogens with one attached hydrogen (secondary N) is 2. The molecule has 3 aromatic rings. The van der Waals surface area contributed by atoms with Gasteiger partial charge in [-0.05, 0) is 35.6 Å². The summed E-state index contributed by atoms with van der Waals surface area (Å²) in [4.78, 5) is 24.8. The van der Waals surface area contributed by atoms with Crippen molar-refractivity contribution in [3.63, 3.8) is 0 Å². The van der Waals surface area contributed by atoms with Crippen LogP contribution in [0.5, 0.6) is 0 Å². The molecule has 1 aliphatic rings. The van der Waals surface area contributed by atoms with Gasteiger partial charge in [-0.3, -0.25) is 14.3 Å². The number of anilines is 1. The van der Waals surface area contributed by atoms with Crippen LogP contribution in [0.1, 0.15) is 44.2 Å². The van der Waals surface area contributed by atoms with E-state index in [-0.39, 0.29) is 32.4 Å². The monoisotopic (exact) mass is 589 g/mol. The molecule has 2 aromatic carbocycles. The number of amides is 1. The third-order valence-corrected chi connectivity index (χ3v) is 7.45. The molecule has 0 bridgehead atoms. The van der Waals surface area contributed by atoms with Crippen LogP contribution in [-0.2, 0) is 21.5 Å². The van der Waals surface area contributed by atoms with Crippen molar-refractivity contribution >= 4 is 40.9 Å². The summed E-state index contributed by atoms with van der Waals surface area (Å²) >= 11 is 12.2. The Morgan fingerprint density at radius 1 is 1.23 bits per heavy atom. The van der Waals surface area contributed by atoms with E-state index in [1.165, 1.54) is 42.6 Å². The van der Waals surface area contributed by atoms with E-state index >= 15 is 8.78 Å². The number of carboxylic acids is 1. The third-order valence-electron chi connectivity index (χ3n) is 6.92. The maximum Gasteiger partial charge on any atom is 0.325 e. The number of nitriles is 1. The second-order valence-electron chi connectivity index (χ2n) is 11.0. The van der Waals surface area contributed by atoms with E-state index in [1.807, 2.05) is 20.8 Å². The molecule has 1 aromatic heterocycles. The molecule has 1 saturated heterocycles. The second-order valence-corrected chi connectivity index (χ2v) is 11.8. The Morgan fingerprint density at radius 2 is 1.95 bits per heavy atom. The van der Waals surface area contributed by atoms with Crippen LogP contribution in [-0.4, -0.2) is 38.8 Å². The minimum absolute atomic E-state index is 0.0356. The normalized spacial score (nSPS) is 22.6. The molecule has 0 aliphatic carbocycles. The van der Waals surface area contributed by atoms with Gasteiger partial charge in [-0.1, -0.05) is 62.2 Å². The number of carbonyl (C=O) groups excluding carboxylic acids is 1. The maximum absolute atomic E-state index is 15.7. The zero-order valence-electron chi connectivity index (χ0n) is 21.9. The van der Waals surface area contributed by atoms with Crippen LogP contribution in [0.15, 0.2) is 48.7 Å². The standard InChI is InChI=1S/C28H27Cl2F2N5O3/c1-27(2,3)12-20-28(14-33,17-8-7-15(29)11-19(17)31)23(16-5-4-6-18(30)24(16)32)25(34-20)26(40)35-21-9-10-37(36-21)13-22(38)39/h4-11,20,23,25,34H,12-13H2,1-3H3,(H,38,39)(H,35,36,40)/t20-,23-,25+,28-/m0/s1. The van der Waals surface area contributed by atoms with Gasteiger partial charge in [0, 0.05) is 34.8 Å². The smallest absolute Gasteiger partial charge is 0.325 e. The molecule has 0 saturated carbocycles. The predicted molar refractivity (Wildman–Crippen MR) is 146 cm³/mol. The number of rotatable bonds is 7. The highest BCUT2D eigenvalue weighted by Crippen LogP contribution is 2.52. The molecule has 0 spiro atoms. The molecule has 210 valence electrons. The summed E-state index contributed by atoms with van der Waals surface area (Å²) in [7, 11) is 0. The van der Waals surface area contributed by atoms with Gasteiger partial charge in [0.05, 0.1) is 17.1 Å². The van der Waals surface area contributed by atoms with E-state index < -0.39 is 53.5 Å². The molecule has 0 unspecified atom stereocenters. The first-order valence-electron chi connectivity index (χ1n) is 12.4. The van der Waals surface area contributed by atoms with Crippen molar-refractivity contribution in [2.24, 2.45) is 5.41 Å². The molecule has 12 heteroatoms. The Morgan fingerprint density at radius 3 is 2.58 bits per heavy atom. The Hall–Kier alpha value is -3.52. The van der Waals surface area contributed by atoms with Gasteiger partial charge in [0.2, 0.25) is 5.91 Å². The van der Waals surface area contributed by atoms with Crippen molar-refractivity contribution in [2.75, 3.05) is 5.32 Å². The van der Waals surface area contributed by atoms with Gasteiger partial charge < -0.3 is 15.7 Å². The van der Waals surface area contributed by atoms with Gasteiger partial charge in [0.25, 0.3) is 0 Å². The second kappa shape index (κ2) is 11.2. The fourth-order valence-electron chi connectivity index (χ4n) is 5.42. The van der Waals surface area contributed by atoms with Crippen LogP contribution in [0.2, 0.25) is 10.0 Å². The molecule has 8 nitrogen and oxygen atoms in total. The highest BCUT2D eigenvalue weighted by atomic mass is 35.5. The molecule has 1 aliphatic heterocycles. The summed E-state index contributed by atoms with van der Waals surface area (Å²) in [5, 5.41) is 29.7.